The number of carbonyl (C=O) groups is 2. The Bertz CT molecular complexity index is 966. The van der Waals surface area contributed by atoms with Crippen LogP contribution in [0.5, 0.6) is 0 Å². The number of benzene rings is 1. The van der Waals surface area contributed by atoms with Crippen molar-refractivity contribution in [1.29, 1.82) is 0 Å². The molecule has 32 heavy (non-hydrogen) atoms. The Balaban J connectivity index is 1.45. The molecule has 3 amide bonds. The smallest absolute Gasteiger partial charge is 0.319 e. The second-order valence-corrected chi connectivity index (χ2v) is 10.9. The monoisotopic (exact) mass is 460 g/mol. The number of carbonyl (C=O) groups excluding carboxylic acids is 2. The lowest BCUT2D eigenvalue weighted by atomic mass is 9.98. The number of sulfonamides is 1. The van der Waals surface area contributed by atoms with E-state index in [2.05, 4.69) is 11.9 Å². The highest BCUT2D eigenvalue weighted by atomic mass is 32.2. The van der Waals surface area contributed by atoms with Crippen molar-refractivity contribution in [2.75, 3.05) is 37.0 Å². The van der Waals surface area contributed by atoms with Gasteiger partial charge in [0.25, 0.3) is 0 Å². The maximum Gasteiger partial charge on any atom is 0.319 e. The van der Waals surface area contributed by atoms with Gasteiger partial charge in [-0.15, -0.1) is 0 Å². The van der Waals surface area contributed by atoms with Crippen LogP contribution in [-0.4, -0.2) is 68.1 Å². The Hall–Kier alpha value is -2.55. The number of hydrogen-bond donors (Lipinski definition) is 1. The standard InChI is InChI=1S/C23H32N4O4S/c1-2-22(28)24-20-12-17-27(21-9-5-4-8-19(20)21)32(30,31)18-10-15-26(16-11-18)23(29)25-13-6-3-7-14-25/h2,4-5,8-9,18,20H,1,3,6-7,10-17H2,(H,24,28). The molecule has 0 aliphatic carbocycles. The first-order valence-corrected chi connectivity index (χ1v) is 13.0. The lowest BCUT2D eigenvalue weighted by Gasteiger charge is -2.40. The lowest BCUT2D eigenvalue weighted by Crippen LogP contribution is -2.52. The van der Waals surface area contributed by atoms with Crippen LogP contribution in [0.1, 0.15) is 50.1 Å². The van der Waals surface area contributed by atoms with E-state index in [4.69, 9.17) is 0 Å². The van der Waals surface area contributed by atoms with Crippen molar-refractivity contribution in [3.05, 3.63) is 42.5 Å². The number of amides is 3. The molecule has 3 aliphatic heterocycles. The maximum atomic E-state index is 13.6. The van der Waals surface area contributed by atoms with E-state index in [0.29, 0.717) is 44.6 Å². The molecule has 3 aliphatic rings. The minimum Gasteiger partial charge on any atom is -0.346 e. The van der Waals surface area contributed by atoms with E-state index >= 15 is 0 Å². The van der Waals surface area contributed by atoms with Crippen molar-refractivity contribution in [1.82, 2.24) is 15.1 Å². The zero-order chi connectivity index (χ0) is 22.7. The maximum absolute atomic E-state index is 13.6. The molecule has 2 saturated heterocycles. The number of anilines is 1. The number of rotatable bonds is 4. The first-order valence-electron chi connectivity index (χ1n) is 11.5. The van der Waals surface area contributed by atoms with Crippen molar-refractivity contribution in [2.24, 2.45) is 0 Å². The predicted octanol–water partition coefficient (Wildman–Crippen LogP) is 2.64. The van der Waals surface area contributed by atoms with E-state index in [0.717, 1.165) is 31.5 Å². The number of nitrogens with zero attached hydrogens (tertiary/aromatic N) is 3. The third-order valence-electron chi connectivity index (χ3n) is 6.77. The molecular formula is C23H32N4O4S. The molecular weight excluding hydrogens is 428 g/mol. The van der Waals surface area contributed by atoms with E-state index in [1.165, 1.54) is 16.8 Å². The van der Waals surface area contributed by atoms with Gasteiger partial charge in [0, 0.05) is 32.7 Å². The summed E-state index contributed by atoms with van der Waals surface area (Å²) in [5, 5.41) is 2.38. The summed E-state index contributed by atoms with van der Waals surface area (Å²) in [7, 11) is -3.58. The van der Waals surface area contributed by atoms with Crippen molar-refractivity contribution < 1.29 is 18.0 Å². The van der Waals surface area contributed by atoms with Crippen molar-refractivity contribution in [2.45, 2.75) is 49.8 Å². The van der Waals surface area contributed by atoms with Crippen LogP contribution in [0.3, 0.4) is 0 Å². The van der Waals surface area contributed by atoms with Gasteiger partial charge >= 0.3 is 6.03 Å². The number of nitrogens with one attached hydrogen (secondary N) is 1. The van der Waals surface area contributed by atoms with Gasteiger partial charge in [0.05, 0.1) is 17.0 Å². The summed E-state index contributed by atoms with van der Waals surface area (Å²) in [4.78, 5) is 28.3. The van der Waals surface area contributed by atoms with Gasteiger partial charge in [-0.3, -0.25) is 9.10 Å². The molecule has 0 spiro atoms. The second-order valence-electron chi connectivity index (χ2n) is 8.75. The van der Waals surface area contributed by atoms with Gasteiger partial charge in [0.1, 0.15) is 0 Å². The van der Waals surface area contributed by atoms with Crippen LogP contribution in [0.15, 0.2) is 36.9 Å². The normalized spacial score (nSPS) is 22.2. The Morgan fingerprint density at radius 2 is 1.59 bits per heavy atom. The summed E-state index contributed by atoms with van der Waals surface area (Å²) < 4.78 is 28.7. The van der Waals surface area contributed by atoms with Gasteiger partial charge in [-0.05, 0) is 56.2 Å². The molecule has 1 aromatic rings. The summed E-state index contributed by atoms with van der Waals surface area (Å²) in [5.74, 6) is -0.271. The quantitative estimate of drug-likeness (QED) is 0.700. The molecule has 4 rings (SSSR count). The number of hydrogen-bond acceptors (Lipinski definition) is 4. The predicted molar refractivity (Wildman–Crippen MR) is 124 cm³/mol. The molecule has 0 radical (unpaired) electrons. The molecule has 174 valence electrons. The molecule has 3 heterocycles. The van der Waals surface area contributed by atoms with Gasteiger partial charge < -0.3 is 15.1 Å². The fraction of sp³-hybridized carbons (Fsp3) is 0.565. The fourth-order valence-corrected chi connectivity index (χ4v) is 6.95. The van der Waals surface area contributed by atoms with E-state index in [9.17, 15) is 18.0 Å². The Morgan fingerprint density at radius 1 is 0.938 bits per heavy atom. The van der Waals surface area contributed by atoms with Crippen LogP contribution in [0.4, 0.5) is 10.5 Å². The number of piperidine rings is 2. The first-order chi connectivity index (χ1) is 15.4. The second kappa shape index (κ2) is 9.52. The Morgan fingerprint density at radius 3 is 2.28 bits per heavy atom. The third-order valence-corrected chi connectivity index (χ3v) is 9.08. The van der Waals surface area contributed by atoms with Crippen LogP contribution in [0, 0.1) is 0 Å². The van der Waals surface area contributed by atoms with Crippen LogP contribution >= 0.6 is 0 Å². The van der Waals surface area contributed by atoms with Gasteiger partial charge in [0.2, 0.25) is 15.9 Å². The number of para-hydroxylation sites is 1. The van der Waals surface area contributed by atoms with Gasteiger partial charge in [-0.25, -0.2) is 13.2 Å². The average Bonchev–Trinajstić information content (AvgIpc) is 2.84. The van der Waals surface area contributed by atoms with Crippen molar-refractivity contribution in [3.63, 3.8) is 0 Å². The molecule has 1 aromatic carbocycles. The first kappa shape index (κ1) is 22.6. The molecule has 9 heteroatoms. The van der Waals surface area contributed by atoms with Gasteiger partial charge in [-0.2, -0.15) is 0 Å². The van der Waals surface area contributed by atoms with Crippen LogP contribution in [0.25, 0.3) is 0 Å². The number of likely N-dealkylation sites (tertiary alicyclic amines) is 2. The molecule has 0 bridgehead atoms. The van der Waals surface area contributed by atoms with Crippen LogP contribution in [0.2, 0.25) is 0 Å². The van der Waals surface area contributed by atoms with E-state index in [1.54, 1.807) is 6.07 Å². The number of urea groups is 1. The lowest BCUT2D eigenvalue weighted by molar-refractivity contribution is -0.117. The number of fused-ring (bicyclic) bond motifs is 1. The van der Waals surface area contributed by atoms with Crippen molar-refractivity contribution in [3.8, 4) is 0 Å². The SMILES string of the molecule is C=CC(=O)NC1CCN(S(=O)(=O)C2CCN(C(=O)N3CCCCC3)CC2)c2ccccc21. The summed E-state index contributed by atoms with van der Waals surface area (Å²) in [5.41, 5.74) is 1.43. The van der Waals surface area contributed by atoms with E-state index < -0.39 is 15.3 Å². The molecule has 1 N–H and O–H groups in total. The van der Waals surface area contributed by atoms with E-state index in [1.807, 2.05) is 28.0 Å². The molecule has 2 fully saturated rings. The van der Waals surface area contributed by atoms with Crippen LogP contribution < -0.4 is 9.62 Å². The zero-order valence-corrected chi connectivity index (χ0v) is 19.2. The minimum absolute atomic E-state index is 0.0460. The molecule has 1 unspecified atom stereocenters. The minimum atomic E-state index is -3.58. The highest BCUT2D eigenvalue weighted by Crippen LogP contribution is 2.37. The van der Waals surface area contributed by atoms with Crippen molar-refractivity contribution >= 4 is 27.6 Å². The molecule has 1 atom stereocenters. The zero-order valence-electron chi connectivity index (χ0n) is 18.4. The van der Waals surface area contributed by atoms with Gasteiger partial charge in [0.15, 0.2) is 0 Å². The fourth-order valence-electron chi connectivity index (χ4n) is 4.99. The Labute approximate surface area is 190 Å². The average molecular weight is 461 g/mol. The summed E-state index contributed by atoms with van der Waals surface area (Å²) in [6, 6.07) is 7.14. The summed E-state index contributed by atoms with van der Waals surface area (Å²) in [6.45, 7) is 6.33. The molecule has 0 aromatic heterocycles. The summed E-state index contributed by atoms with van der Waals surface area (Å²) in [6.07, 6.45) is 5.86. The largest absolute Gasteiger partial charge is 0.346 e. The van der Waals surface area contributed by atoms with Crippen LogP contribution in [-0.2, 0) is 14.8 Å². The van der Waals surface area contributed by atoms with Gasteiger partial charge in [-0.1, -0.05) is 24.8 Å². The summed E-state index contributed by atoms with van der Waals surface area (Å²) >= 11 is 0. The molecule has 0 saturated carbocycles. The molecule has 8 nitrogen and oxygen atoms in total. The third kappa shape index (κ3) is 4.48. The topological polar surface area (TPSA) is 90.0 Å². The Kier molecular flexibility index (Phi) is 6.74. The highest BCUT2D eigenvalue weighted by Gasteiger charge is 2.39. The highest BCUT2D eigenvalue weighted by molar-refractivity contribution is 7.93. The van der Waals surface area contributed by atoms with E-state index in [-0.39, 0.29) is 18.0 Å².